The average molecular weight is 956 g/mol. The topological polar surface area (TPSA) is 43.5 Å². The van der Waals surface area contributed by atoms with E-state index in [4.69, 9.17) is 0 Å². The van der Waals surface area contributed by atoms with Gasteiger partial charge in [0.15, 0.2) is 0 Å². The summed E-state index contributed by atoms with van der Waals surface area (Å²) in [4.78, 5) is 0. The Labute approximate surface area is 407 Å². The number of benzene rings is 9. The SMILES string of the molecule is Cc1ccc2c(c1)c1cc(C)ccc1n2-c1c(-n2c3ccccc3c3ccc(C(F)(F)F)cc32)cc(-n2c3ccccc3c3ccc(C(F)(F)F)cc32)c(-n2c3ccc(C)cc3c3cc(C)ccc32)c1C#N. The van der Waals surface area contributed by atoms with E-state index in [1.165, 1.54) is 12.1 Å². The highest BCUT2D eigenvalue weighted by Crippen LogP contribution is 2.48. The zero-order chi connectivity index (χ0) is 49.7. The molecule has 0 aliphatic carbocycles. The van der Waals surface area contributed by atoms with Gasteiger partial charge in [-0.15, -0.1) is 0 Å². The van der Waals surface area contributed by atoms with E-state index in [-0.39, 0.29) is 16.6 Å². The lowest BCUT2D eigenvalue weighted by atomic mass is 10.0. The highest BCUT2D eigenvalue weighted by atomic mass is 19.4. The molecule has 0 saturated carbocycles. The lowest BCUT2D eigenvalue weighted by Gasteiger charge is -2.25. The number of nitriles is 1. The molecule has 0 radical (unpaired) electrons. The van der Waals surface area contributed by atoms with Crippen LogP contribution in [0.5, 0.6) is 0 Å². The van der Waals surface area contributed by atoms with Crippen molar-refractivity contribution in [1.82, 2.24) is 18.3 Å². The van der Waals surface area contributed by atoms with Crippen LogP contribution in [0.15, 0.2) is 164 Å². The van der Waals surface area contributed by atoms with Gasteiger partial charge in [0.25, 0.3) is 0 Å². The van der Waals surface area contributed by atoms with Crippen molar-refractivity contribution in [2.45, 2.75) is 40.0 Å². The summed E-state index contributed by atoms with van der Waals surface area (Å²) in [5, 5.41) is 18.4. The highest BCUT2D eigenvalue weighted by Gasteiger charge is 2.35. The molecule has 4 heterocycles. The lowest BCUT2D eigenvalue weighted by molar-refractivity contribution is -0.138. The molecular formula is C61H39F6N5. The van der Waals surface area contributed by atoms with Crippen LogP contribution in [0.25, 0.3) is 110 Å². The third-order valence-corrected chi connectivity index (χ3v) is 14.4. The highest BCUT2D eigenvalue weighted by molar-refractivity contribution is 6.15. The first kappa shape index (κ1) is 43.3. The fourth-order valence-corrected chi connectivity index (χ4v) is 11.3. The molecule has 350 valence electrons. The quantitative estimate of drug-likeness (QED) is 0.162. The number of alkyl halides is 6. The molecule has 13 rings (SSSR count). The minimum atomic E-state index is -4.71. The Bertz CT molecular complexity index is 4150. The molecule has 4 aromatic heterocycles. The summed E-state index contributed by atoms with van der Waals surface area (Å²) < 4.78 is 97.5. The third-order valence-electron chi connectivity index (χ3n) is 14.4. The molecule has 0 amide bonds. The van der Waals surface area contributed by atoms with Crippen LogP contribution in [0, 0.1) is 39.0 Å². The fraction of sp³-hybridized carbons (Fsp3) is 0.0984. The molecule has 0 fully saturated rings. The molecule has 9 aromatic carbocycles. The van der Waals surface area contributed by atoms with Crippen molar-refractivity contribution in [3.05, 3.63) is 203 Å². The smallest absolute Gasteiger partial charge is 0.307 e. The number of nitrogens with zero attached hydrogens (tertiary/aromatic N) is 5. The first-order chi connectivity index (χ1) is 34.6. The molecule has 0 saturated heterocycles. The fourth-order valence-electron chi connectivity index (χ4n) is 11.3. The van der Waals surface area contributed by atoms with E-state index in [1.54, 1.807) is 9.13 Å². The second kappa shape index (κ2) is 15.1. The number of hydrogen-bond donors (Lipinski definition) is 0. The number of halogens is 6. The van der Waals surface area contributed by atoms with Gasteiger partial charge in [0, 0.05) is 43.1 Å². The van der Waals surface area contributed by atoms with E-state index < -0.39 is 23.5 Å². The predicted octanol–water partition coefficient (Wildman–Crippen LogP) is 17.2. The number of aryl methyl sites for hydroxylation is 4. The maximum atomic E-state index is 15.0. The minimum absolute atomic E-state index is 0.137. The van der Waals surface area contributed by atoms with Crippen LogP contribution in [-0.4, -0.2) is 18.3 Å². The monoisotopic (exact) mass is 955 g/mol. The first-order valence-corrected chi connectivity index (χ1v) is 23.5. The van der Waals surface area contributed by atoms with Gasteiger partial charge in [0.2, 0.25) is 0 Å². The van der Waals surface area contributed by atoms with Gasteiger partial charge < -0.3 is 18.3 Å². The van der Waals surface area contributed by atoms with Crippen molar-refractivity contribution in [2.75, 3.05) is 0 Å². The summed E-state index contributed by atoms with van der Waals surface area (Å²) in [6.07, 6.45) is -9.42. The summed E-state index contributed by atoms with van der Waals surface area (Å²) in [5.41, 5.74) is 8.39. The van der Waals surface area contributed by atoms with Crippen molar-refractivity contribution in [2.24, 2.45) is 0 Å². The van der Waals surface area contributed by atoms with E-state index in [0.717, 1.165) is 90.1 Å². The van der Waals surface area contributed by atoms with Gasteiger partial charge in [-0.1, -0.05) is 95.1 Å². The van der Waals surface area contributed by atoms with E-state index in [9.17, 15) is 31.6 Å². The molecule has 13 aromatic rings. The number of rotatable bonds is 4. The molecule has 0 spiro atoms. The summed E-state index contributed by atoms with van der Waals surface area (Å²) in [6, 6.07) is 51.1. The summed E-state index contributed by atoms with van der Waals surface area (Å²) in [7, 11) is 0. The van der Waals surface area contributed by atoms with E-state index in [0.29, 0.717) is 55.3 Å². The van der Waals surface area contributed by atoms with Crippen LogP contribution in [-0.2, 0) is 12.4 Å². The Morgan fingerprint density at radius 2 is 0.653 bits per heavy atom. The van der Waals surface area contributed by atoms with Crippen LogP contribution in [0.3, 0.4) is 0 Å². The molecule has 0 N–H and O–H groups in total. The maximum Gasteiger partial charge on any atom is 0.416 e. The number of para-hydroxylation sites is 2. The number of aromatic nitrogens is 4. The van der Waals surface area contributed by atoms with Gasteiger partial charge in [0.05, 0.1) is 78.0 Å². The van der Waals surface area contributed by atoms with Gasteiger partial charge in [-0.25, -0.2) is 0 Å². The van der Waals surface area contributed by atoms with E-state index in [1.807, 2.05) is 140 Å². The van der Waals surface area contributed by atoms with E-state index in [2.05, 4.69) is 30.3 Å². The zero-order valence-corrected chi connectivity index (χ0v) is 39.1. The Hall–Kier alpha value is -8.75. The van der Waals surface area contributed by atoms with Crippen LogP contribution in [0.1, 0.15) is 38.9 Å². The van der Waals surface area contributed by atoms with Gasteiger partial charge in [0.1, 0.15) is 11.6 Å². The van der Waals surface area contributed by atoms with Crippen molar-refractivity contribution < 1.29 is 26.3 Å². The summed E-state index contributed by atoms with van der Waals surface area (Å²) in [6.45, 7) is 8.04. The molecule has 5 nitrogen and oxygen atoms in total. The first-order valence-electron chi connectivity index (χ1n) is 23.5. The summed E-state index contributed by atoms with van der Waals surface area (Å²) >= 11 is 0. The van der Waals surface area contributed by atoms with Gasteiger partial charge in [-0.05, 0) is 119 Å². The van der Waals surface area contributed by atoms with Crippen LogP contribution < -0.4 is 0 Å². The maximum absolute atomic E-state index is 15.0. The largest absolute Gasteiger partial charge is 0.416 e. The van der Waals surface area contributed by atoms with Crippen LogP contribution in [0.2, 0.25) is 0 Å². The molecular weight excluding hydrogens is 917 g/mol. The predicted molar refractivity (Wildman–Crippen MR) is 277 cm³/mol. The van der Waals surface area contributed by atoms with E-state index >= 15 is 0 Å². The molecule has 72 heavy (non-hydrogen) atoms. The average Bonchev–Trinajstić information content (AvgIpc) is 4.06. The molecule has 0 bridgehead atoms. The Morgan fingerprint density at radius 1 is 0.333 bits per heavy atom. The molecule has 0 unspecified atom stereocenters. The molecule has 0 aliphatic heterocycles. The van der Waals surface area contributed by atoms with Gasteiger partial charge >= 0.3 is 12.4 Å². The van der Waals surface area contributed by atoms with Crippen LogP contribution >= 0.6 is 0 Å². The Balaban J connectivity index is 1.35. The van der Waals surface area contributed by atoms with Crippen molar-refractivity contribution in [3.63, 3.8) is 0 Å². The Morgan fingerprint density at radius 3 is 0.986 bits per heavy atom. The summed E-state index contributed by atoms with van der Waals surface area (Å²) in [5.74, 6) is 0. The molecule has 11 heteroatoms. The van der Waals surface area contributed by atoms with Crippen molar-refractivity contribution >= 4 is 87.2 Å². The molecule has 0 atom stereocenters. The standard InChI is InChI=1S/C61H39F6N5/c1-33-13-21-50-43(25-33)44-26-34(2)14-22-51(44)71(50)58-47(32-68)59(72-52-23-15-35(3)27-45(52)46-28-36(4)16-24-53(46)72)57(70-49-12-8-6-10-40(49)42-20-18-38(30-55(42)70)61(65,66)67)31-56(58)69-48-11-7-5-9-39(48)41-19-17-37(29-54(41)69)60(62,63)64/h5-31H,1-4H3. The third kappa shape index (κ3) is 6.21. The van der Waals surface area contributed by atoms with Crippen molar-refractivity contribution in [1.29, 1.82) is 5.26 Å². The van der Waals surface area contributed by atoms with Gasteiger partial charge in [-0.3, -0.25) is 0 Å². The normalized spacial score (nSPS) is 12.6. The minimum Gasteiger partial charge on any atom is -0.307 e. The van der Waals surface area contributed by atoms with Crippen LogP contribution in [0.4, 0.5) is 26.3 Å². The van der Waals surface area contributed by atoms with Crippen molar-refractivity contribution in [3.8, 4) is 28.8 Å². The zero-order valence-electron chi connectivity index (χ0n) is 39.1. The molecule has 0 aliphatic rings. The van der Waals surface area contributed by atoms with Gasteiger partial charge in [-0.2, -0.15) is 31.6 Å². The Kier molecular flexibility index (Phi) is 9.09. The lowest BCUT2D eigenvalue weighted by Crippen LogP contribution is -2.14. The number of fused-ring (bicyclic) bond motifs is 12. The number of hydrogen-bond acceptors (Lipinski definition) is 1. The second-order valence-corrected chi connectivity index (χ2v) is 19.0. The second-order valence-electron chi connectivity index (χ2n) is 19.0.